The van der Waals surface area contributed by atoms with Crippen LogP contribution in [0.5, 0.6) is 0 Å². The quantitative estimate of drug-likeness (QED) is 0.798. The van der Waals surface area contributed by atoms with Crippen molar-refractivity contribution < 1.29 is 9.59 Å². The van der Waals surface area contributed by atoms with Crippen molar-refractivity contribution in [3.63, 3.8) is 0 Å². The first-order valence-electron chi connectivity index (χ1n) is 7.84. The fraction of sp³-hybridized carbons (Fsp3) is 0.211. The maximum absolute atomic E-state index is 12.0. The number of nitrogens with one attached hydrogen (secondary N) is 2. The molecule has 2 amide bonds. The van der Waals surface area contributed by atoms with Crippen LogP contribution < -0.4 is 10.6 Å². The van der Waals surface area contributed by atoms with Crippen molar-refractivity contribution in [3.8, 4) is 6.07 Å². The van der Waals surface area contributed by atoms with Crippen LogP contribution >= 0.6 is 11.6 Å². The van der Waals surface area contributed by atoms with Crippen LogP contribution in [0, 0.1) is 11.3 Å². The Bertz CT molecular complexity index is 782. The van der Waals surface area contributed by atoms with E-state index in [1.807, 2.05) is 36.4 Å². The number of nitrogens with zero attached hydrogens (tertiary/aromatic N) is 1. The van der Waals surface area contributed by atoms with Gasteiger partial charge in [0.2, 0.25) is 11.8 Å². The van der Waals surface area contributed by atoms with Gasteiger partial charge in [-0.05, 0) is 35.7 Å². The molecule has 0 saturated carbocycles. The monoisotopic (exact) mass is 355 g/mol. The summed E-state index contributed by atoms with van der Waals surface area (Å²) in [6, 6.07) is 16.4. The van der Waals surface area contributed by atoms with E-state index in [0.29, 0.717) is 30.1 Å². The van der Waals surface area contributed by atoms with Crippen molar-refractivity contribution in [3.05, 3.63) is 64.7 Å². The van der Waals surface area contributed by atoms with Gasteiger partial charge in [0.15, 0.2) is 0 Å². The molecule has 2 rings (SSSR count). The van der Waals surface area contributed by atoms with Crippen LogP contribution in [0.4, 0.5) is 5.69 Å². The van der Waals surface area contributed by atoms with Gasteiger partial charge in [-0.3, -0.25) is 9.59 Å². The first kappa shape index (κ1) is 18.5. The first-order valence-corrected chi connectivity index (χ1v) is 8.22. The molecule has 2 aromatic carbocycles. The lowest BCUT2D eigenvalue weighted by molar-refractivity contribution is -0.120. The average molecular weight is 356 g/mol. The van der Waals surface area contributed by atoms with Gasteiger partial charge in [0.25, 0.3) is 0 Å². The Hall–Kier alpha value is -2.84. The SMILES string of the molecule is N#CCC(=O)NCc1ccc(NC(=O)CCc2ccccc2Cl)cc1. The van der Waals surface area contributed by atoms with E-state index < -0.39 is 0 Å². The lowest BCUT2D eigenvalue weighted by Crippen LogP contribution is -2.21. The summed E-state index contributed by atoms with van der Waals surface area (Å²) in [5.74, 6) is -0.394. The number of anilines is 1. The summed E-state index contributed by atoms with van der Waals surface area (Å²) in [5, 5.41) is 14.6. The Morgan fingerprint density at radius 3 is 2.44 bits per heavy atom. The molecule has 0 unspecified atom stereocenters. The number of aryl methyl sites for hydroxylation is 1. The normalized spacial score (nSPS) is 9.92. The molecule has 0 heterocycles. The predicted molar refractivity (Wildman–Crippen MR) is 96.9 cm³/mol. The van der Waals surface area contributed by atoms with Crippen molar-refractivity contribution in [2.75, 3.05) is 5.32 Å². The van der Waals surface area contributed by atoms with Crippen molar-refractivity contribution >= 4 is 29.1 Å². The minimum absolute atomic E-state index is 0.0880. The van der Waals surface area contributed by atoms with Gasteiger partial charge in [-0.1, -0.05) is 41.9 Å². The molecule has 0 aliphatic carbocycles. The number of hydrogen-bond donors (Lipinski definition) is 2. The molecule has 0 saturated heterocycles. The fourth-order valence-corrected chi connectivity index (χ4v) is 2.44. The van der Waals surface area contributed by atoms with Crippen LogP contribution in [0.2, 0.25) is 5.02 Å². The highest BCUT2D eigenvalue weighted by atomic mass is 35.5. The predicted octanol–water partition coefficient (Wildman–Crippen LogP) is 3.44. The van der Waals surface area contributed by atoms with Gasteiger partial charge in [-0.15, -0.1) is 0 Å². The largest absolute Gasteiger partial charge is 0.351 e. The van der Waals surface area contributed by atoms with E-state index in [0.717, 1.165) is 11.1 Å². The van der Waals surface area contributed by atoms with Gasteiger partial charge >= 0.3 is 0 Å². The summed E-state index contributed by atoms with van der Waals surface area (Å²) < 4.78 is 0. The molecule has 0 spiro atoms. The van der Waals surface area contributed by atoms with E-state index in [1.54, 1.807) is 18.2 Å². The Morgan fingerprint density at radius 2 is 1.76 bits per heavy atom. The molecule has 0 fully saturated rings. The van der Waals surface area contributed by atoms with Gasteiger partial charge in [0.05, 0.1) is 6.07 Å². The Labute approximate surface area is 151 Å². The minimum Gasteiger partial charge on any atom is -0.351 e. The fourth-order valence-electron chi connectivity index (χ4n) is 2.21. The summed E-state index contributed by atoms with van der Waals surface area (Å²) in [6.07, 6.45) is 0.768. The van der Waals surface area contributed by atoms with Crippen LogP contribution in [0.25, 0.3) is 0 Å². The molecular weight excluding hydrogens is 338 g/mol. The highest BCUT2D eigenvalue weighted by molar-refractivity contribution is 6.31. The summed E-state index contributed by atoms with van der Waals surface area (Å²) in [6.45, 7) is 0.348. The molecule has 0 aliphatic heterocycles. The number of carbonyl (C=O) groups is 2. The van der Waals surface area contributed by atoms with Crippen LogP contribution in [0.1, 0.15) is 24.0 Å². The van der Waals surface area contributed by atoms with Gasteiger partial charge in [0, 0.05) is 23.7 Å². The minimum atomic E-state index is -0.306. The van der Waals surface area contributed by atoms with Gasteiger partial charge in [-0.25, -0.2) is 0 Å². The van der Waals surface area contributed by atoms with E-state index >= 15 is 0 Å². The second-order valence-corrected chi connectivity index (χ2v) is 5.86. The maximum atomic E-state index is 12.0. The zero-order valence-electron chi connectivity index (χ0n) is 13.6. The van der Waals surface area contributed by atoms with E-state index in [9.17, 15) is 9.59 Å². The Kier molecular flexibility index (Phi) is 7.00. The van der Waals surface area contributed by atoms with E-state index in [-0.39, 0.29) is 18.2 Å². The highest BCUT2D eigenvalue weighted by Gasteiger charge is 2.06. The van der Waals surface area contributed by atoms with E-state index in [1.165, 1.54) is 0 Å². The number of carbonyl (C=O) groups excluding carboxylic acids is 2. The molecule has 0 bridgehead atoms. The Balaban J connectivity index is 1.80. The number of benzene rings is 2. The molecule has 128 valence electrons. The van der Waals surface area contributed by atoms with Crippen molar-refractivity contribution in [1.29, 1.82) is 5.26 Å². The summed E-state index contributed by atoms with van der Waals surface area (Å²) >= 11 is 6.08. The van der Waals surface area contributed by atoms with Crippen molar-refractivity contribution in [2.24, 2.45) is 0 Å². The molecular formula is C19H18ClN3O2. The molecule has 2 N–H and O–H groups in total. The lowest BCUT2D eigenvalue weighted by atomic mass is 10.1. The standard InChI is InChI=1S/C19H18ClN3O2/c20-17-4-2-1-3-15(17)7-10-19(25)23-16-8-5-14(6-9-16)13-22-18(24)11-12-21/h1-6,8-9H,7,10-11,13H2,(H,22,24)(H,23,25). The van der Waals surface area contributed by atoms with Gasteiger partial charge in [0.1, 0.15) is 6.42 Å². The van der Waals surface area contributed by atoms with E-state index in [2.05, 4.69) is 10.6 Å². The molecule has 0 atom stereocenters. The molecule has 0 aliphatic rings. The van der Waals surface area contributed by atoms with Gasteiger partial charge < -0.3 is 10.6 Å². The molecule has 25 heavy (non-hydrogen) atoms. The van der Waals surface area contributed by atoms with Crippen LogP contribution in [0.15, 0.2) is 48.5 Å². The first-order chi connectivity index (χ1) is 12.1. The number of nitriles is 1. The second kappa shape index (κ2) is 9.45. The molecule has 5 nitrogen and oxygen atoms in total. The summed E-state index contributed by atoms with van der Waals surface area (Å²) in [7, 11) is 0. The smallest absolute Gasteiger partial charge is 0.234 e. The van der Waals surface area contributed by atoms with Crippen molar-refractivity contribution in [1.82, 2.24) is 5.32 Å². The Morgan fingerprint density at radius 1 is 1.04 bits per heavy atom. The molecule has 2 aromatic rings. The van der Waals surface area contributed by atoms with Crippen LogP contribution in [0.3, 0.4) is 0 Å². The number of hydrogen-bond acceptors (Lipinski definition) is 3. The lowest BCUT2D eigenvalue weighted by Gasteiger charge is -2.08. The van der Waals surface area contributed by atoms with Gasteiger partial charge in [-0.2, -0.15) is 5.26 Å². The zero-order chi connectivity index (χ0) is 18.1. The summed E-state index contributed by atoms with van der Waals surface area (Å²) in [5.41, 5.74) is 2.53. The molecule has 0 aromatic heterocycles. The number of rotatable bonds is 7. The molecule has 0 radical (unpaired) electrons. The van der Waals surface area contributed by atoms with Crippen LogP contribution in [-0.4, -0.2) is 11.8 Å². The zero-order valence-corrected chi connectivity index (χ0v) is 14.3. The van der Waals surface area contributed by atoms with E-state index in [4.69, 9.17) is 16.9 Å². The average Bonchev–Trinajstić information content (AvgIpc) is 2.61. The maximum Gasteiger partial charge on any atom is 0.234 e. The van der Waals surface area contributed by atoms with Crippen molar-refractivity contribution in [2.45, 2.75) is 25.8 Å². The summed E-state index contributed by atoms with van der Waals surface area (Å²) in [4.78, 5) is 23.3. The number of halogens is 1. The third-order valence-corrected chi connectivity index (χ3v) is 3.91. The third-order valence-electron chi connectivity index (χ3n) is 3.55. The van der Waals surface area contributed by atoms with Crippen LogP contribution in [-0.2, 0) is 22.6 Å². The molecule has 6 heteroatoms. The highest BCUT2D eigenvalue weighted by Crippen LogP contribution is 2.17. The third kappa shape index (κ3) is 6.28. The topological polar surface area (TPSA) is 82.0 Å². The second-order valence-electron chi connectivity index (χ2n) is 5.45. The number of amides is 2.